The smallest absolute Gasteiger partial charge is 0.412 e. The van der Waals surface area contributed by atoms with Crippen LogP contribution in [0.25, 0.3) is 5.52 Å². The zero-order valence-electron chi connectivity index (χ0n) is 15.5. The van der Waals surface area contributed by atoms with Crippen molar-refractivity contribution in [2.45, 2.75) is 77.2 Å². The molecule has 1 aliphatic carbocycles. The maximum absolute atomic E-state index is 12.3. The van der Waals surface area contributed by atoms with Crippen LogP contribution >= 0.6 is 0 Å². The van der Waals surface area contributed by atoms with Crippen LogP contribution in [0.5, 0.6) is 0 Å². The van der Waals surface area contributed by atoms with E-state index in [0.717, 1.165) is 24.0 Å². The molecule has 1 saturated carbocycles. The van der Waals surface area contributed by atoms with Gasteiger partial charge in [0, 0.05) is 11.8 Å². The number of ether oxygens (including phenoxy) is 1. The van der Waals surface area contributed by atoms with E-state index in [1.165, 1.54) is 37.7 Å². The topological polar surface area (TPSA) is 55.6 Å². The first-order chi connectivity index (χ1) is 11.9. The summed E-state index contributed by atoms with van der Waals surface area (Å²) in [5, 5.41) is 7.38. The highest BCUT2D eigenvalue weighted by atomic mass is 16.6. The Morgan fingerprint density at radius 2 is 1.88 bits per heavy atom. The summed E-state index contributed by atoms with van der Waals surface area (Å²) in [6.45, 7) is 5.62. The monoisotopic (exact) mass is 343 g/mol. The Kier molecular flexibility index (Phi) is 5.30. The lowest BCUT2D eigenvalue weighted by molar-refractivity contribution is 0.0635. The molecule has 5 nitrogen and oxygen atoms in total. The fraction of sp³-hybridized carbons (Fsp3) is 0.600. The van der Waals surface area contributed by atoms with Gasteiger partial charge in [0.05, 0.1) is 17.4 Å². The maximum Gasteiger partial charge on any atom is 0.412 e. The number of hydrogen-bond donors (Lipinski definition) is 1. The van der Waals surface area contributed by atoms with Gasteiger partial charge >= 0.3 is 6.09 Å². The quantitative estimate of drug-likeness (QED) is 0.782. The molecule has 0 radical (unpaired) electrons. The number of fused-ring (bicyclic) bond motifs is 1. The number of rotatable bonds is 2. The molecule has 136 valence electrons. The van der Waals surface area contributed by atoms with Gasteiger partial charge in [-0.15, -0.1) is 0 Å². The minimum atomic E-state index is -0.517. The van der Waals surface area contributed by atoms with E-state index in [9.17, 15) is 4.79 Å². The average Bonchev–Trinajstić information content (AvgIpc) is 2.94. The number of hydrogen-bond acceptors (Lipinski definition) is 3. The molecule has 0 aliphatic heterocycles. The highest BCUT2D eigenvalue weighted by Crippen LogP contribution is 2.37. The van der Waals surface area contributed by atoms with Gasteiger partial charge < -0.3 is 4.74 Å². The summed E-state index contributed by atoms with van der Waals surface area (Å²) in [4.78, 5) is 12.3. The van der Waals surface area contributed by atoms with Crippen LogP contribution in [-0.4, -0.2) is 21.3 Å². The number of carbonyl (C=O) groups excluding carboxylic acids is 1. The minimum Gasteiger partial charge on any atom is -0.444 e. The first-order valence-electron chi connectivity index (χ1n) is 9.40. The number of amides is 1. The van der Waals surface area contributed by atoms with Crippen LogP contribution in [0.4, 0.5) is 10.5 Å². The second-order valence-electron chi connectivity index (χ2n) is 7.98. The Hall–Kier alpha value is -2.04. The first-order valence-corrected chi connectivity index (χ1v) is 9.40. The van der Waals surface area contributed by atoms with Crippen LogP contribution in [0.3, 0.4) is 0 Å². The Labute approximate surface area is 149 Å². The Morgan fingerprint density at radius 3 is 2.56 bits per heavy atom. The largest absolute Gasteiger partial charge is 0.444 e. The number of nitrogens with one attached hydrogen (secondary N) is 1. The van der Waals surface area contributed by atoms with Crippen LogP contribution in [0.15, 0.2) is 24.5 Å². The standard InChI is InChI=1S/C20H29N3O2/c1-20(2,3)25-19(24)22-16-14-21-23-13-9-12-17(23)18(16)15-10-7-5-4-6-8-11-15/h9,12-15H,4-8,10-11H2,1-3H3,(H,22,24). The predicted molar refractivity (Wildman–Crippen MR) is 100 cm³/mol. The van der Waals surface area contributed by atoms with Crippen LogP contribution in [-0.2, 0) is 4.74 Å². The third kappa shape index (κ3) is 4.53. The van der Waals surface area contributed by atoms with Gasteiger partial charge in [0.2, 0.25) is 0 Å². The molecule has 0 aromatic carbocycles. The van der Waals surface area contributed by atoms with Crippen molar-refractivity contribution in [3.63, 3.8) is 0 Å². The number of aromatic nitrogens is 2. The van der Waals surface area contributed by atoms with Crippen LogP contribution < -0.4 is 5.32 Å². The fourth-order valence-electron chi connectivity index (χ4n) is 3.70. The van der Waals surface area contributed by atoms with Gasteiger partial charge in [-0.2, -0.15) is 5.10 Å². The molecule has 25 heavy (non-hydrogen) atoms. The third-order valence-electron chi connectivity index (χ3n) is 4.75. The Bertz CT molecular complexity index is 722. The second-order valence-corrected chi connectivity index (χ2v) is 7.98. The molecule has 0 unspecified atom stereocenters. The lowest BCUT2D eigenvalue weighted by Gasteiger charge is -2.25. The second kappa shape index (κ2) is 7.46. The van der Waals surface area contributed by atoms with Crippen molar-refractivity contribution in [3.05, 3.63) is 30.1 Å². The van der Waals surface area contributed by atoms with Crippen LogP contribution in [0, 0.1) is 0 Å². The molecule has 0 bridgehead atoms. The molecule has 1 fully saturated rings. The van der Waals surface area contributed by atoms with E-state index in [0.29, 0.717) is 5.92 Å². The molecule has 1 aliphatic rings. The van der Waals surface area contributed by atoms with E-state index >= 15 is 0 Å². The SMILES string of the molecule is CC(C)(C)OC(=O)Nc1cnn2cccc2c1C1CCCCCCC1. The summed E-state index contributed by atoms with van der Waals surface area (Å²) in [6.07, 6.45) is 12.0. The average molecular weight is 343 g/mol. The fourth-order valence-corrected chi connectivity index (χ4v) is 3.70. The highest BCUT2D eigenvalue weighted by molar-refractivity contribution is 5.87. The predicted octanol–water partition coefficient (Wildman–Crippen LogP) is 5.51. The molecule has 5 heteroatoms. The molecule has 0 saturated heterocycles. The van der Waals surface area contributed by atoms with Crippen molar-refractivity contribution >= 4 is 17.3 Å². The zero-order chi connectivity index (χ0) is 17.9. The van der Waals surface area contributed by atoms with Crippen molar-refractivity contribution in [2.24, 2.45) is 0 Å². The summed E-state index contributed by atoms with van der Waals surface area (Å²) in [5.74, 6) is 0.450. The van der Waals surface area contributed by atoms with Crippen molar-refractivity contribution in [1.82, 2.24) is 9.61 Å². The molecule has 0 atom stereocenters. The molecule has 2 aromatic heterocycles. The summed E-state index contributed by atoms with van der Waals surface area (Å²) in [5.41, 5.74) is 2.55. The van der Waals surface area contributed by atoms with E-state index in [2.05, 4.69) is 16.5 Å². The Morgan fingerprint density at radius 1 is 1.20 bits per heavy atom. The van der Waals surface area contributed by atoms with Gasteiger partial charge in [0.25, 0.3) is 0 Å². The molecule has 1 amide bonds. The van der Waals surface area contributed by atoms with E-state index in [1.54, 1.807) is 6.20 Å². The number of anilines is 1. The van der Waals surface area contributed by atoms with Crippen molar-refractivity contribution in [2.75, 3.05) is 5.32 Å². The maximum atomic E-state index is 12.3. The summed E-state index contributed by atoms with van der Waals surface area (Å²) in [7, 11) is 0. The van der Waals surface area contributed by atoms with E-state index in [4.69, 9.17) is 4.74 Å². The van der Waals surface area contributed by atoms with Crippen molar-refractivity contribution in [3.8, 4) is 0 Å². The van der Waals surface area contributed by atoms with Gasteiger partial charge in [-0.1, -0.05) is 32.1 Å². The lowest BCUT2D eigenvalue weighted by atomic mass is 9.85. The normalized spacial score (nSPS) is 17.1. The van der Waals surface area contributed by atoms with Gasteiger partial charge in [-0.3, -0.25) is 5.32 Å². The van der Waals surface area contributed by atoms with E-state index in [1.807, 2.05) is 37.5 Å². The first kappa shape index (κ1) is 17.8. The van der Waals surface area contributed by atoms with Crippen LogP contribution in [0.2, 0.25) is 0 Å². The summed E-state index contributed by atoms with van der Waals surface area (Å²) in [6, 6.07) is 4.09. The minimum absolute atomic E-state index is 0.419. The molecule has 2 heterocycles. The highest BCUT2D eigenvalue weighted by Gasteiger charge is 2.23. The van der Waals surface area contributed by atoms with Crippen molar-refractivity contribution in [1.29, 1.82) is 0 Å². The zero-order valence-corrected chi connectivity index (χ0v) is 15.5. The van der Waals surface area contributed by atoms with Gasteiger partial charge in [0.1, 0.15) is 5.60 Å². The number of nitrogens with zero attached hydrogens (tertiary/aromatic N) is 2. The molecule has 3 rings (SSSR count). The van der Waals surface area contributed by atoms with Gasteiger partial charge in [-0.25, -0.2) is 9.31 Å². The van der Waals surface area contributed by atoms with Gasteiger partial charge in [0.15, 0.2) is 0 Å². The third-order valence-corrected chi connectivity index (χ3v) is 4.75. The lowest BCUT2D eigenvalue weighted by Crippen LogP contribution is -2.28. The van der Waals surface area contributed by atoms with E-state index < -0.39 is 11.7 Å². The Balaban J connectivity index is 1.93. The van der Waals surface area contributed by atoms with Gasteiger partial charge in [-0.05, 0) is 51.7 Å². The summed E-state index contributed by atoms with van der Waals surface area (Å²) < 4.78 is 7.33. The summed E-state index contributed by atoms with van der Waals surface area (Å²) >= 11 is 0. The van der Waals surface area contributed by atoms with E-state index in [-0.39, 0.29) is 0 Å². The van der Waals surface area contributed by atoms with Crippen molar-refractivity contribution < 1.29 is 9.53 Å². The molecular weight excluding hydrogens is 314 g/mol. The molecule has 2 aromatic rings. The number of carbonyl (C=O) groups is 1. The molecule has 1 N–H and O–H groups in total. The van der Waals surface area contributed by atoms with Crippen LogP contribution in [0.1, 0.15) is 77.2 Å². The molecule has 0 spiro atoms. The molecular formula is C20H29N3O2.